The van der Waals surface area contributed by atoms with Crippen LogP contribution in [0.4, 0.5) is 4.39 Å². The number of aromatic nitrogens is 3. The molecule has 0 aliphatic heterocycles. The summed E-state index contributed by atoms with van der Waals surface area (Å²) in [5.41, 5.74) is -0.570. The van der Waals surface area contributed by atoms with E-state index in [1.54, 1.807) is 12.1 Å². The van der Waals surface area contributed by atoms with Crippen LogP contribution in [0.2, 0.25) is 0 Å². The number of rotatable bonds is 2. The fraction of sp³-hybridized carbons (Fsp3) is 0.100. The minimum Gasteiger partial charge on any atom is -0.271 e. The Morgan fingerprint density at radius 3 is 2.88 bits per heavy atom. The molecule has 0 saturated heterocycles. The number of aromatic amines is 1. The summed E-state index contributed by atoms with van der Waals surface area (Å²) in [5.74, 6) is -0.380. The zero-order valence-electron chi connectivity index (χ0n) is 8.18. The molecule has 1 heterocycles. The normalized spacial score (nSPS) is 10.3. The zero-order valence-corrected chi connectivity index (χ0v) is 8.18. The van der Waals surface area contributed by atoms with Crippen molar-refractivity contribution in [3.8, 4) is 0 Å². The van der Waals surface area contributed by atoms with Gasteiger partial charge in [-0.25, -0.2) is 13.9 Å². The van der Waals surface area contributed by atoms with E-state index in [1.165, 1.54) is 12.1 Å². The molecule has 0 aliphatic carbocycles. The first-order valence-corrected chi connectivity index (χ1v) is 4.56. The first kappa shape index (κ1) is 10.3. The number of nitrogens with one attached hydrogen (secondary N) is 1. The lowest BCUT2D eigenvalue weighted by Gasteiger charge is -2.02. The van der Waals surface area contributed by atoms with Gasteiger partial charge in [0, 0.05) is 0 Å². The van der Waals surface area contributed by atoms with Crippen LogP contribution in [-0.2, 0) is 6.54 Å². The second-order valence-corrected chi connectivity index (χ2v) is 3.23. The Balaban J connectivity index is 2.34. The molecule has 0 bridgehead atoms. The van der Waals surface area contributed by atoms with E-state index in [-0.39, 0.29) is 12.4 Å². The highest BCUT2D eigenvalue weighted by atomic mass is 19.1. The molecule has 6 heteroatoms. The van der Waals surface area contributed by atoms with Gasteiger partial charge in [-0.05, 0) is 17.7 Å². The minimum absolute atomic E-state index is 0.118. The lowest BCUT2D eigenvalue weighted by Crippen LogP contribution is -2.31. The Bertz CT molecular complexity index is 618. The largest absolute Gasteiger partial charge is 0.345 e. The highest BCUT2D eigenvalue weighted by Crippen LogP contribution is 2.03. The number of halogens is 1. The fourth-order valence-corrected chi connectivity index (χ4v) is 1.30. The summed E-state index contributed by atoms with van der Waals surface area (Å²) in [6, 6.07) is 5.83. The van der Waals surface area contributed by atoms with E-state index >= 15 is 0 Å². The van der Waals surface area contributed by atoms with Gasteiger partial charge < -0.3 is 0 Å². The first-order valence-electron chi connectivity index (χ1n) is 4.56. The van der Waals surface area contributed by atoms with E-state index < -0.39 is 11.2 Å². The van der Waals surface area contributed by atoms with Crippen molar-refractivity contribution in [2.24, 2.45) is 0 Å². The summed E-state index contributed by atoms with van der Waals surface area (Å²) in [6.07, 6.45) is 1.00. The molecule has 1 N–H and O–H groups in total. The molecule has 0 radical (unpaired) electrons. The van der Waals surface area contributed by atoms with Crippen LogP contribution in [0.3, 0.4) is 0 Å². The van der Waals surface area contributed by atoms with Gasteiger partial charge in [-0.3, -0.25) is 9.78 Å². The quantitative estimate of drug-likeness (QED) is 0.783. The van der Waals surface area contributed by atoms with E-state index in [9.17, 15) is 14.0 Å². The summed E-state index contributed by atoms with van der Waals surface area (Å²) in [5, 5.41) is 3.64. The number of nitrogens with zero attached hydrogens (tertiary/aromatic N) is 2. The molecule has 0 aliphatic rings. The van der Waals surface area contributed by atoms with Crippen molar-refractivity contribution in [3.63, 3.8) is 0 Å². The third-order valence-corrected chi connectivity index (χ3v) is 2.00. The molecular weight excluding hydrogens is 213 g/mol. The molecule has 0 spiro atoms. The van der Waals surface area contributed by atoms with Crippen LogP contribution in [0.5, 0.6) is 0 Å². The highest BCUT2D eigenvalue weighted by molar-refractivity contribution is 5.16. The van der Waals surface area contributed by atoms with E-state index in [0.717, 1.165) is 10.9 Å². The molecular formula is C10H8FN3O2. The molecule has 1 aromatic heterocycles. The summed E-state index contributed by atoms with van der Waals surface area (Å²) >= 11 is 0. The zero-order chi connectivity index (χ0) is 11.5. The van der Waals surface area contributed by atoms with Crippen molar-refractivity contribution in [1.82, 2.24) is 14.8 Å². The van der Waals surface area contributed by atoms with Crippen LogP contribution < -0.4 is 11.2 Å². The van der Waals surface area contributed by atoms with Gasteiger partial charge in [-0.1, -0.05) is 12.1 Å². The van der Waals surface area contributed by atoms with Crippen LogP contribution >= 0.6 is 0 Å². The van der Waals surface area contributed by atoms with Crippen LogP contribution in [0.15, 0.2) is 40.1 Å². The lowest BCUT2D eigenvalue weighted by atomic mass is 10.2. The molecule has 0 amide bonds. The van der Waals surface area contributed by atoms with Crippen LogP contribution in [0, 0.1) is 5.82 Å². The maximum absolute atomic E-state index is 12.9. The van der Waals surface area contributed by atoms with Gasteiger partial charge >= 0.3 is 5.69 Å². The third-order valence-electron chi connectivity index (χ3n) is 2.00. The molecule has 1 aromatic carbocycles. The average molecular weight is 221 g/mol. The molecule has 16 heavy (non-hydrogen) atoms. The van der Waals surface area contributed by atoms with E-state index in [2.05, 4.69) is 10.1 Å². The summed E-state index contributed by atoms with van der Waals surface area (Å²) in [4.78, 5) is 24.1. The second kappa shape index (κ2) is 4.09. The minimum atomic E-state index is -0.614. The van der Waals surface area contributed by atoms with E-state index in [1.807, 2.05) is 0 Å². The molecule has 2 aromatic rings. The Kier molecular flexibility index (Phi) is 2.63. The van der Waals surface area contributed by atoms with Crippen molar-refractivity contribution in [3.05, 3.63) is 62.7 Å². The first-order chi connectivity index (χ1) is 7.65. The highest BCUT2D eigenvalue weighted by Gasteiger charge is 2.00. The SMILES string of the molecule is O=c1cnn(Cc2cccc(F)c2)c(=O)[nH]1. The Labute approximate surface area is 89.2 Å². The summed E-state index contributed by atoms with van der Waals surface area (Å²) in [7, 11) is 0. The number of H-pyrrole nitrogens is 1. The van der Waals surface area contributed by atoms with Gasteiger partial charge in [0.25, 0.3) is 5.56 Å². The van der Waals surface area contributed by atoms with Gasteiger partial charge in [-0.15, -0.1) is 0 Å². The summed E-state index contributed by atoms with van der Waals surface area (Å²) in [6.45, 7) is 0.118. The van der Waals surface area contributed by atoms with Crippen molar-refractivity contribution in [1.29, 1.82) is 0 Å². The molecule has 82 valence electrons. The van der Waals surface area contributed by atoms with E-state index in [0.29, 0.717) is 5.56 Å². The van der Waals surface area contributed by atoms with E-state index in [4.69, 9.17) is 0 Å². The van der Waals surface area contributed by atoms with Crippen molar-refractivity contribution in [2.45, 2.75) is 6.54 Å². The predicted molar refractivity (Wildman–Crippen MR) is 54.6 cm³/mol. The van der Waals surface area contributed by atoms with Crippen molar-refractivity contribution < 1.29 is 4.39 Å². The molecule has 0 saturated carbocycles. The molecule has 2 rings (SSSR count). The lowest BCUT2D eigenvalue weighted by molar-refractivity contribution is 0.595. The van der Waals surface area contributed by atoms with Crippen LogP contribution in [0.1, 0.15) is 5.56 Å². The van der Waals surface area contributed by atoms with Crippen molar-refractivity contribution >= 4 is 0 Å². The van der Waals surface area contributed by atoms with Crippen LogP contribution in [0.25, 0.3) is 0 Å². The van der Waals surface area contributed by atoms with Gasteiger partial charge in [0.15, 0.2) is 0 Å². The molecule has 0 fully saturated rings. The third kappa shape index (κ3) is 2.22. The monoisotopic (exact) mass is 221 g/mol. The second-order valence-electron chi connectivity index (χ2n) is 3.23. The maximum atomic E-state index is 12.9. The van der Waals surface area contributed by atoms with Crippen molar-refractivity contribution in [2.75, 3.05) is 0 Å². The molecule has 0 unspecified atom stereocenters. The Morgan fingerprint density at radius 2 is 2.19 bits per heavy atom. The summed E-state index contributed by atoms with van der Waals surface area (Å²) < 4.78 is 13.9. The van der Waals surface area contributed by atoms with Gasteiger partial charge in [0.05, 0.1) is 6.54 Å². The topological polar surface area (TPSA) is 67.8 Å². The predicted octanol–water partition coefficient (Wildman–Crippen LogP) is 0.119. The fourth-order valence-electron chi connectivity index (χ4n) is 1.30. The van der Waals surface area contributed by atoms with Gasteiger partial charge in [0.2, 0.25) is 0 Å². The number of hydrogen-bond donors (Lipinski definition) is 1. The maximum Gasteiger partial charge on any atom is 0.345 e. The standard InChI is InChI=1S/C10H8FN3O2/c11-8-3-1-2-7(4-8)6-14-10(16)13-9(15)5-12-14/h1-5H,6H2,(H,13,15,16). The smallest absolute Gasteiger partial charge is 0.271 e. The Morgan fingerprint density at radius 1 is 1.38 bits per heavy atom. The number of hydrogen-bond acceptors (Lipinski definition) is 3. The molecule has 5 nitrogen and oxygen atoms in total. The van der Waals surface area contributed by atoms with Crippen LogP contribution in [-0.4, -0.2) is 14.8 Å². The number of benzene rings is 1. The van der Waals surface area contributed by atoms with Gasteiger partial charge in [-0.2, -0.15) is 5.10 Å². The Hall–Kier alpha value is -2.24. The molecule has 0 atom stereocenters. The average Bonchev–Trinajstić information content (AvgIpc) is 2.22. The van der Waals surface area contributed by atoms with Gasteiger partial charge in [0.1, 0.15) is 12.0 Å².